The molecule has 0 unspecified atom stereocenters. The Kier molecular flexibility index (Phi) is 10.4. The number of halogens is 2. The predicted octanol–water partition coefficient (Wildman–Crippen LogP) is 7.46. The van der Waals surface area contributed by atoms with Crippen LogP contribution in [-0.2, 0) is 14.3 Å². The van der Waals surface area contributed by atoms with Crippen molar-refractivity contribution in [2.75, 3.05) is 30.9 Å². The smallest absolute Gasteiger partial charge is 0.407 e. The number of aromatic nitrogens is 1. The monoisotopic (exact) mass is 690 g/mol. The van der Waals surface area contributed by atoms with Crippen molar-refractivity contribution in [3.05, 3.63) is 78.5 Å². The quantitative estimate of drug-likeness (QED) is 0.130. The Bertz CT molecular complexity index is 1890. The first-order valence-corrected chi connectivity index (χ1v) is 16.1. The van der Waals surface area contributed by atoms with Crippen LogP contribution in [-0.4, -0.2) is 48.8 Å². The van der Waals surface area contributed by atoms with Crippen molar-refractivity contribution in [2.24, 2.45) is 17.3 Å². The van der Waals surface area contributed by atoms with E-state index in [0.717, 1.165) is 6.07 Å². The summed E-state index contributed by atoms with van der Waals surface area (Å²) >= 11 is 0. The zero-order valence-electron chi connectivity index (χ0n) is 28.7. The molecular formula is C37H40F2N4O7. The fraction of sp³-hybridized carbons (Fsp3) is 0.351. The van der Waals surface area contributed by atoms with Crippen molar-refractivity contribution in [1.82, 2.24) is 10.3 Å². The largest absolute Gasteiger partial charge is 0.493 e. The van der Waals surface area contributed by atoms with Crippen LogP contribution in [0, 0.1) is 28.9 Å². The molecule has 0 saturated heterocycles. The van der Waals surface area contributed by atoms with Gasteiger partial charge < -0.3 is 34.9 Å². The first kappa shape index (κ1) is 35.8. The van der Waals surface area contributed by atoms with Crippen LogP contribution < -0.4 is 30.2 Å². The summed E-state index contributed by atoms with van der Waals surface area (Å²) in [5, 5.41) is 8.65. The highest BCUT2D eigenvalue weighted by Crippen LogP contribution is 2.59. The second-order valence-corrected chi connectivity index (χ2v) is 13.5. The number of amides is 3. The maximum Gasteiger partial charge on any atom is 0.407 e. The van der Waals surface area contributed by atoms with Gasteiger partial charge in [0.2, 0.25) is 11.8 Å². The number of alkyl carbamates (subject to hydrolysis) is 1. The van der Waals surface area contributed by atoms with Gasteiger partial charge in [-0.2, -0.15) is 0 Å². The van der Waals surface area contributed by atoms with Gasteiger partial charge in [0.05, 0.1) is 31.1 Å². The standard InChI is InChI=1S/C37H40F2N4O7/c1-36(2,3)50-35(46)41-15-7-17-48-30-19-24-26(20-29(30)47-6)40-16-14-27(24)49-28-13-12-23(18-25(28)39)43-34(45)32-31(37(32,4)5)33(44)42-22-10-8-21(38)9-11-22/h8-14,16,18-20,31-32H,7,15,17H2,1-6H3,(H,41,46)(H,42,44)(H,43,45)/t31-,32+/m0/s1. The average molecular weight is 691 g/mol. The van der Waals surface area contributed by atoms with E-state index in [1.165, 1.54) is 49.7 Å². The topological polar surface area (TPSA) is 137 Å². The average Bonchev–Trinajstić information content (AvgIpc) is 3.64. The molecule has 2 atom stereocenters. The summed E-state index contributed by atoms with van der Waals surface area (Å²) < 4.78 is 51.2. The van der Waals surface area contributed by atoms with E-state index < -0.39 is 46.5 Å². The van der Waals surface area contributed by atoms with Crippen molar-refractivity contribution in [2.45, 2.75) is 46.6 Å². The number of hydrogen-bond acceptors (Lipinski definition) is 8. The first-order valence-electron chi connectivity index (χ1n) is 16.1. The normalized spacial score (nSPS) is 16.2. The lowest BCUT2D eigenvalue weighted by Crippen LogP contribution is -2.33. The summed E-state index contributed by atoms with van der Waals surface area (Å²) in [6, 6.07) is 14.4. The van der Waals surface area contributed by atoms with Crippen molar-refractivity contribution >= 4 is 40.2 Å². The van der Waals surface area contributed by atoms with Gasteiger partial charge in [0.1, 0.15) is 17.2 Å². The third-order valence-corrected chi connectivity index (χ3v) is 8.16. The van der Waals surface area contributed by atoms with E-state index in [2.05, 4.69) is 20.9 Å². The molecule has 4 aromatic rings. The summed E-state index contributed by atoms with van der Waals surface area (Å²) in [4.78, 5) is 42.3. The molecule has 1 saturated carbocycles. The molecule has 1 aliphatic rings. The van der Waals surface area contributed by atoms with Gasteiger partial charge in [-0.3, -0.25) is 14.6 Å². The Labute approximate surface area is 288 Å². The summed E-state index contributed by atoms with van der Waals surface area (Å²) in [7, 11) is 1.50. The first-order chi connectivity index (χ1) is 23.7. The Morgan fingerprint density at radius 1 is 0.840 bits per heavy atom. The van der Waals surface area contributed by atoms with E-state index in [-0.39, 0.29) is 24.0 Å². The van der Waals surface area contributed by atoms with Crippen LogP contribution in [0.4, 0.5) is 25.0 Å². The van der Waals surface area contributed by atoms with Gasteiger partial charge in [-0.15, -0.1) is 0 Å². The number of pyridine rings is 1. The van der Waals surface area contributed by atoms with Gasteiger partial charge >= 0.3 is 6.09 Å². The maximum absolute atomic E-state index is 15.3. The van der Waals surface area contributed by atoms with Gasteiger partial charge in [0, 0.05) is 41.6 Å². The number of nitrogens with zero attached hydrogens (tertiary/aromatic N) is 1. The van der Waals surface area contributed by atoms with Crippen molar-refractivity contribution in [3.63, 3.8) is 0 Å². The molecule has 0 spiro atoms. The molecule has 50 heavy (non-hydrogen) atoms. The number of hydrogen-bond donors (Lipinski definition) is 3. The molecule has 0 radical (unpaired) electrons. The number of fused-ring (bicyclic) bond motifs is 1. The Balaban J connectivity index is 1.22. The molecule has 1 heterocycles. The molecule has 1 aromatic heterocycles. The van der Waals surface area contributed by atoms with Gasteiger partial charge in [0.25, 0.3) is 0 Å². The van der Waals surface area contributed by atoms with E-state index in [9.17, 15) is 18.8 Å². The molecular weight excluding hydrogens is 650 g/mol. The third kappa shape index (κ3) is 8.57. The van der Waals surface area contributed by atoms with Crippen LogP contribution in [0.2, 0.25) is 0 Å². The minimum Gasteiger partial charge on any atom is -0.493 e. The van der Waals surface area contributed by atoms with Crippen LogP contribution >= 0.6 is 0 Å². The second-order valence-electron chi connectivity index (χ2n) is 13.5. The summed E-state index contributed by atoms with van der Waals surface area (Å²) in [5.41, 5.74) is -0.0965. The van der Waals surface area contributed by atoms with Gasteiger partial charge in [-0.05, 0) is 81.1 Å². The molecule has 3 amide bonds. The Hall–Kier alpha value is -5.46. The van der Waals surface area contributed by atoms with Crippen LogP contribution in [0.15, 0.2) is 66.9 Å². The third-order valence-electron chi connectivity index (χ3n) is 8.16. The molecule has 3 N–H and O–H groups in total. The fourth-order valence-electron chi connectivity index (χ4n) is 5.62. The van der Waals surface area contributed by atoms with Gasteiger partial charge in [-0.1, -0.05) is 13.8 Å². The minimum absolute atomic E-state index is 0.0923. The highest BCUT2D eigenvalue weighted by molar-refractivity contribution is 6.04. The van der Waals surface area contributed by atoms with E-state index >= 15 is 4.39 Å². The lowest BCUT2D eigenvalue weighted by Gasteiger charge is -2.19. The number of carbonyl (C=O) groups excluding carboxylic acids is 3. The Morgan fingerprint density at radius 3 is 2.14 bits per heavy atom. The number of ether oxygens (including phenoxy) is 4. The summed E-state index contributed by atoms with van der Waals surface area (Å²) in [6.45, 7) is 9.56. The van der Waals surface area contributed by atoms with Crippen LogP contribution in [0.5, 0.6) is 23.0 Å². The van der Waals surface area contributed by atoms with Crippen LogP contribution in [0.25, 0.3) is 10.9 Å². The summed E-state index contributed by atoms with van der Waals surface area (Å²) in [5.74, 6) is -2.17. The number of carbonyl (C=O) groups is 3. The van der Waals surface area contributed by atoms with E-state index in [0.29, 0.717) is 46.8 Å². The fourth-order valence-corrected chi connectivity index (χ4v) is 5.62. The SMILES string of the molecule is COc1cc2nccc(Oc3ccc(NC(=O)[C@H]4[C@@H](C(=O)Nc5ccc(F)cc5)C4(C)C)cc3F)c2cc1OCCCNC(=O)OC(C)(C)C. The van der Waals surface area contributed by atoms with E-state index in [1.54, 1.807) is 52.8 Å². The predicted molar refractivity (Wildman–Crippen MR) is 184 cm³/mol. The highest BCUT2D eigenvalue weighted by Gasteiger charge is 2.65. The zero-order valence-corrected chi connectivity index (χ0v) is 28.7. The molecule has 0 aliphatic heterocycles. The minimum atomic E-state index is -0.726. The number of benzene rings is 3. The van der Waals surface area contributed by atoms with E-state index in [4.69, 9.17) is 18.9 Å². The van der Waals surface area contributed by atoms with Gasteiger partial charge in [-0.25, -0.2) is 13.6 Å². The van der Waals surface area contributed by atoms with Crippen LogP contribution in [0.3, 0.4) is 0 Å². The van der Waals surface area contributed by atoms with Crippen molar-refractivity contribution in [3.8, 4) is 23.0 Å². The lowest BCUT2D eigenvalue weighted by molar-refractivity contribution is -0.122. The lowest BCUT2D eigenvalue weighted by atomic mass is 10.1. The molecule has 5 rings (SSSR count). The molecule has 0 bridgehead atoms. The molecule has 11 nitrogen and oxygen atoms in total. The second kappa shape index (κ2) is 14.6. The Morgan fingerprint density at radius 2 is 1.50 bits per heavy atom. The van der Waals surface area contributed by atoms with Crippen LogP contribution in [0.1, 0.15) is 41.0 Å². The zero-order chi connectivity index (χ0) is 36.2. The molecule has 3 aromatic carbocycles. The van der Waals surface area contributed by atoms with Gasteiger partial charge in [0.15, 0.2) is 23.1 Å². The summed E-state index contributed by atoms with van der Waals surface area (Å²) in [6.07, 6.45) is 1.50. The molecule has 13 heteroatoms. The van der Waals surface area contributed by atoms with Crippen molar-refractivity contribution < 1.29 is 42.1 Å². The number of nitrogens with one attached hydrogen (secondary N) is 3. The maximum atomic E-state index is 15.3. The van der Waals surface area contributed by atoms with Crippen molar-refractivity contribution in [1.29, 1.82) is 0 Å². The number of anilines is 2. The molecule has 264 valence electrons. The molecule has 1 aliphatic carbocycles. The number of methoxy groups -OCH3 is 1. The van der Waals surface area contributed by atoms with E-state index in [1.807, 2.05) is 0 Å². The highest BCUT2D eigenvalue weighted by atomic mass is 19.1. The molecule has 1 fully saturated rings. The number of rotatable bonds is 12.